The Kier molecular flexibility index (Phi) is 6.06. The maximum absolute atomic E-state index is 12.1. The van der Waals surface area contributed by atoms with Crippen molar-refractivity contribution in [1.29, 1.82) is 0 Å². The van der Waals surface area contributed by atoms with Crippen LogP contribution in [0.25, 0.3) is 0 Å². The van der Waals surface area contributed by atoms with Crippen molar-refractivity contribution in [1.82, 2.24) is 9.62 Å². The highest BCUT2D eigenvalue weighted by Crippen LogP contribution is 2.45. The van der Waals surface area contributed by atoms with Gasteiger partial charge in [0.05, 0.1) is 0 Å². The minimum Gasteiger partial charge on any atom is -0.444 e. The van der Waals surface area contributed by atoms with Gasteiger partial charge in [0.2, 0.25) is 0 Å². The van der Waals surface area contributed by atoms with Crippen LogP contribution >= 0.6 is 11.9 Å². The van der Waals surface area contributed by atoms with Crippen molar-refractivity contribution in [2.45, 2.75) is 77.9 Å². The van der Waals surface area contributed by atoms with E-state index in [9.17, 15) is 4.79 Å². The predicted octanol–water partition coefficient (Wildman–Crippen LogP) is 4.20. The summed E-state index contributed by atoms with van der Waals surface area (Å²) in [4.78, 5) is 14.0. The van der Waals surface area contributed by atoms with Crippen LogP contribution in [0.5, 0.6) is 0 Å². The van der Waals surface area contributed by atoms with Crippen molar-refractivity contribution in [3.05, 3.63) is 0 Å². The highest BCUT2D eigenvalue weighted by atomic mass is 32.2. The molecule has 5 heteroatoms. The summed E-state index contributed by atoms with van der Waals surface area (Å²) in [5, 5.41) is 0. The maximum atomic E-state index is 12.1. The van der Waals surface area contributed by atoms with E-state index in [1.54, 1.807) is 0 Å². The Hall–Kier alpha value is -0.420. The quantitative estimate of drug-likeness (QED) is 0.788. The molecular formula is C17H32N2O2S. The first-order valence-electron chi connectivity index (χ1n) is 8.69. The Morgan fingerprint density at radius 3 is 2.32 bits per heavy atom. The smallest absolute Gasteiger partial charge is 0.410 e. The summed E-state index contributed by atoms with van der Waals surface area (Å²) in [7, 11) is 0. The molecule has 128 valence electrons. The van der Waals surface area contributed by atoms with E-state index in [0.29, 0.717) is 11.5 Å². The molecule has 0 radical (unpaired) electrons. The fraction of sp³-hybridized carbons (Fsp3) is 0.941. The fourth-order valence-electron chi connectivity index (χ4n) is 3.54. The molecule has 1 spiro atoms. The van der Waals surface area contributed by atoms with E-state index < -0.39 is 5.60 Å². The zero-order valence-electron chi connectivity index (χ0n) is 14.6. The van der Waals surface area contributed by atoms with Crippen molar-refractivity contribution in [3.63, 3.8) is 0 Å². The molecule has 0 bridgehead atoms. The van der Waals surface area contributed by atoms with Gasteiger partial charge in [0.1, 0.15) is 5.60 Å². The molecular weight excluding hydrogens is 296 g/mol. The fourth-order valence-corrected chi connectivity index (χ4v) is 4.18. The summed E-state index contributed by atoms with van der Waals surface area (Å²) in [5.41, 5.74) is 0.0838. The lowest BCUT2D eigenvalue weighted by molar-refractivity contribution is 0.00333. The molecule has 0 unspecified atom stereocenters. The third-order valence-corrected chi connectivity index (χ3v) is 5.71. The van der Waals surface area contributed by atoms with E-state index in [0.717, 1.165) is 31.7 Å². The second-order valence-electron chi connectivity index (χ2n) is 7.79. The number of hydrogen-bond acceptors (Lipinski definition) is 4. The van der Waals surface area contributed by atoms with Crippen molar-refractivity contribution in [3.8, 4) is 0 Å². The first-order valence-corrected chi connectivity index (χ1v) is 9.67. The molecule has 1 amide bonds. The van der Waals surface area contributed by atoms with E-state index in [-0.39, 0.29) is 6.09 Å². The van der Waals surface area contributed by atoms with Gasteiger partial charge in [0.15, 0.2) is 0 Å². The molecule has 0 aromatic heterocycles. The molecule has 2 aliphatic rings. The Labute approximate surface area is 139 Å². The molecule has 0 aromatic rings. The van der Waals surface area contributed by atoms with Gasteiger partial charge in [-0.1, -0.05) is 18.9 Å². The molecule has 0 aromatic carbocycles. The van der Waals surface area contributed by atoms with Crippen LogP contribution in [0.2, 0.25) is 0 Å². The zero-order chi connectivity index (χ0) is 16.2. The van der Waals surface area contributed by atoms with E-state index in [1.807, 2.05) is 37.6 Å². The van der Waals surface area contributed by atoms with Gasteiger partial charge in [-0.3, -0.25) is 4.72 Å². The topological polar surface area (TPSA) is 41.6 Å². The maximum Gasteiger partial charge on any atom is 0.410 e. The molecule has 1 aliphatic carbocycles. The number of amides is 1. The number of hydrogen-bond donors (Lipinski definition) is 1. The van der Waals surface area contributed by atoms with Crippen LogP contribution in [-0.4, -0.2) is 41.5 Å². The minimum absolute atomic E-state index is 0.142. The van der Waals surface area contributed by atoms with Gasteiger partial charge in [0, 0.05) is 24.9 Å². The second-order valence-corrected chi connectivity index (χ2v) is 8.89. The van der Waals surface area contributed by atoms with Gasteiger partial charge in [-0.25, -0.2) is 4.79 Å². The van der Waals surface area contributed by atoms with Crippen LogP contribution in [0, 0.1) is 5.41 Å². The van der Waals surface area contributed by atoms with Crippen LogP contribution in [0.3, 0.4) is 0 Å². The van der Waals surface area contributed by atoms with Crippen LogP contribution in [0.4, 0.5) is 4.79 Å². The van der Waals surface area contributed by atoms with Crippen LogP contribution in [0.15, 0.2) is 0 Å². The van der Waals surface area contributed by atoms with Crippen molar-refractivity contribution < 1.29 is 9.53 Å². The van der Waals surface area contributed by atoms with Gasteiger partial charge >= 0.3 is 6.09 Å². The third-order valence-electron chi connectivity index (χ3n) is 4.92. The molecule has 1 saturated heterocycles. The van der Waals surface area contributed by atoms with E-state index in [2.05, 4.69) is 11.6 Å². The first kappa shape index (κ1) is 17.9. The van der Waals surface area contributed by atoms with E-state index in [4.69, 9.17) is 4.74 Å². The summed E-state index contributed by atoms with van der Waals surface area (Å²) in [5.74, 6) is 1.13. The van der Waals surface area contributed by atoms with Gasteiger partial charge in [-0.2, -0.15) is 0 Å². The summed E-state index contributed by atoms with van der Waals surface area (Å²) < 4.78 is 9.07. The molecule has 4 nitrogen and oxygen atoms in total. The molecule has 2 fully saturated rings. The molecule has 1 N–H and O–H groups in total. The second kappa shape index (κ2) is 7.43. The Bertz CT molecular complexity index is 363. The highest BCUT2D eigenvalue weighted by Gasteiger charge is 2.39. The largest absolute Gasteiger partial charge is 0.444 e. The first-order chi connectivity index (χ1) is 10.3. The van der Waals surface area contributed by atoms with Crippen LogP contribution in [0.1, 0.15) is 66.2 Å². The number of piperidine rings is 1. The lowest BCUT2D eigenvalue weighted by Crippen LogP contribution is -2.47. The average molecular weight is 329 g/mol. The summed E-state index contributed by atoms with van der Waals surface area (Å²) in [6.07, 6.45) is 7.30. The molecule has 22 heavy (non-hydrogen) atoms. The van der Waals surface area contributed by atoms with Crippen LogP contribution < -0.4 is 4.72 Å². The summed E-state index contributed by atoms with van der Waals surface area (Å²) >= 11 is 1.84. The van der Waals surface area contributed by atoms with E-state index >= 15 is 0 Å². The predicted molar refractivity (Wildman–Crippen MR) is 93.0 cm³/mol. The van der Waals surface area contributed by atoms with E-state index in [1.165, 1.54) is 25.7 Å². The monoisotopic (exact) mass is 328 g/mol. The Balaban J connectivity index is 1.76. The number of nitrogens with zero attached hydrogens (tertiary/aromatic N) is 1. The van der Waals surface area contributed by atoms with Crippen LogP contribution in [-0.2, 0) is 4.74 Å². The molecule has 1 aliphatic heterocycles. The highest BCUT2D eigenvalue weighted by molar-refractivity contribution is 7.97. The lowest BCUT2D eigenvalue weighted by atomic mass is 9.67. The Morgan fingerprint density at radius 1 is 1.23 bits per heavy atom. The average Bonchev–Trinajstić information content (AvgIpc) is 2.46. The molecule has 0 atom stereocenters. The number of ether oxygens (including phenoxy) is 1. The number of nitrogens with one attached hydrogen (secondary N) is 1. The third kappa shape index (κ3) is 5.05. The standard InChI is InChI=1S/C17H32N2O2S/c1-5-22-18-14-6-8-17(9-7-14)10-12-19(13-11-17)15(20)21-16(2,3)4/h14,18H,5-13H2,1-4H3. The van der Waals surface area contributed by atoms with Crippen molar-refractivity contribution in [2.24, 2.45) is 5.41 Å². The summed E-state index contributed by atoms with van der Waals surface area (Å²) in [6.45, 7) is 9.69. The number of carbonyl (C=O) groups excluding carboxylic acids is 1. The SMILES string of the molecule is CCSNC1CCC2(CC1)CCN(C(=O)OC(C)(C)C)CC2. The lowest BCUT2D eigenvalue weighted by Gasteiger charge is -2.46. The molecule has 2 rings (SSSR count). The minimum atomic E-state index is -0.396. The Morgan fingerprint density at radius 2 is 1.82 bits per heavy atom. The summed E-state index contributed by atoms with van der Waals surface area (Å²) in [6, 6.07) is 0.680. The van der Waals surface area contributed by atoms with Crippen molar-refractivity contribution in [2.75, 3.05) is 18.8 Å². The van der Waals surface area contributed by atoms with Gasteiger partial charge in [0.25, 0.3) is 0 Å². The zero-order valence-corrected chi connectivity index (χ0v) is 15.4. The van der Waals surface area contributed by atoms with Crippen molar-refractivity contribution >= 4 is 18.0 Å². The normalized spacial score (nSPS) is 22.8. The number of likely N-dealkylation sites (tertiary alicyclic amines) is 1. The number of carbonyl (C=O) groups is 1. The van der Waals surface area contributed by atoms with Gasteiger partial charge < -0.3 is 9.64 Å². The number of rotatable bonds is 3. The molecule has 1 saturated carbocycles. The molecule has 1 heterocycles. The van der Waals surface area contributed by atoms with Gasteiger partial charge in [-0.05, 0) is 64.7 Å². The van der Waals surface area contributed by atoms with Gasteiger partial charge in [-0.15, -0.1) is 0 Å².